The second kappa shape index (κ2) is 14.4. The molecule has 1 aliphatic rings. The van der Waals surface area contributed by atoms with Gasteiger partial charge in [0.2, 0.25) is 0 Å². The van der Waals surface area contributed by atoms with Crippen LogP contribution in [0.3, 0.4) is 0 Å². The summed E-state index contributed by atoms with van der Waals surface area (Å²) in [6, 6.07) is 22.3. The zero-order valence-corrected chi connectivity index (χ0v) is 27.4. The molecule has 0 heterocycles. The van der Waals surface area contributed by atoms with Crippen LogP contribution < -0.4 is 21.3 Å². The number of ether oxygens (including phenoxy) is 3. The molecule has 4 N–H and O–H groups in total. The lowest BCUT2D eigenvalue weighted by Gasteiger charge is -2.20. The first-order valence-electron chi connectivity index (χ1n) is 15.3. The summed E-state index contributed by atoms with van der Waals surface area (Å²) in [4.78, 5) is 37.1. The van der Waals surface area contributed by atoms with E-state index >= 15 is 0 Å². The maximum Gasteiger partial charge on any atom is 0.412 e. The molecule has 3 amide bonds. The van der Waals surface area contributed by atoms with Gasteiger partial charge in [-0.05, 0) is 95.5 Å². The van der Waals surface area contributed by atoms with Crippen LogP contribution in [-0.4, -0.2) is 35.3 Å². The SMILES string of the molecule is C=C(NCc1ccc(C(=O)Nc2ccccc2NC(=O)OC(C)(C)C)cc1)OCc1ccc(C2C[C@@H]2NC(=O)OC(C)(C)C)cc1. The second-order valence-corrected chi connectivity index (χ2v) is 13.2. The van der Waals surface area contributed by atoms with Crippen LogP contribution in [0.4, 0.5) is 21.0 Å². The largest absolute Gasteiger partial charge is 0.475 e. The first kappa shape index (κ1) is 33.9. The number of carbonyl (C=O) groups excluding carboxylic acids is 3. The number of benzene rings is 3. The van der Waals surface area contributed by atoms with Crippen molar-refractivity contribution >= 4 is 29.5 Å². The van der Waals surface area contributed by atoms with Crippen molar-refractivity contribution in [1.29, 1.82) is 0 Å². The predicted octanol–water partition coefficient (Wildman–Crippen LogP) is 7.44. The third-order valence-corrected chi connectivity index (χ3v) is 6.83. The van der Waals surface area contributed by atoms with E-state index in [4.69, 9.17) is 14.2 Å². The Labute approximate surface area is 270 Å². The maximum absolute atomic E-state index is 12.9. The number of amides is 3. The molecule has 0 radical (unpaired) electrons. The molecule has 244 valence electrons. The van der Waals surface area contributed by atoms with E-state index < -0.39 is 17.3 Å². The van der Waals surface area contributed by atoms with Crippen LogP contribution >= 0.6 is 0 Å². The van der Waals surface area contributed by atoms with Crippen LogP contribution in [0.2, 0.25) is 0 Å². The topological polar surface area (TPSA) is 127 Å². The van der Waals surface area contributed by atoms with Gasteiger partial charge in [-0.3, -0.25) is 10.1 Å². The lowest BCUT2D eigenvalue weighted by atomic mass is 10.1. The molecule has 1 unspecified atom stereocenters. The summed E-state index contributed by atoms with van der Waals surface area (Å²) in [5, 5.41) is 11.6. The molecule has 0 spiro atoms. The van der Waals surface area contributed by atoms with Crippen LogP contribution in [0.25, 0.3) is 0 Å². The number of alkyl carbamates (subject to hydrolysis) is 1. The van der Waals surface area contributed by atoms with Gasteiger partial charge in [0.15, 0.2) is 5.88 Å². The number of hydrogen-bond acceptors (Lipinski definition) is 7. The van der Waals surface area contributed by atoms with Gasteiger partial charge < -0.3 is 30.2 Å². The Morgan fingerprint density at radius 1 is 0.761 bits per heavy atom. The minimum atomic E-state index is -0.643. The summed E-state index contributed by atoms with van der Waals surface area (Å²) in [7, 11) is 0. The van der Waals surface area contributed by atoms with Crippen molar-refractivity contribution in [3.8, 4) is 0 Å². The molecule has 10 heteroatoms. The van der Waals surface area contributed by atoms with E-state index in [9.17, 15) is 14.4 Å². The molecular weight excluding hydrogens is 584 g/mol. The minimum absolute atomic E-state index is 0.0919. The van der Waals surface area contributed by atoms with E-state index in [-0.39, 0.29) is 24.0 Å². The normalized spacial score (nSPS) is 15.6. The number of nitrogens with one attached hydrogen (secondary N) is 4. The van der Waals surface area contributed by atoms with E-state index in [1.165, 1.54) is 5.56 Å². The molecule has 3 aromatic carbocycles. The van der Waals surface area contributed by atoms with Crippen molar-refractivity contribution in [2.24, 2.45) is 0 Å². The Morgan fingerprint density at radius 2 is 1.33 bits per heavy atom. The van der Waals surface area contributed by atoms with E-state index in [1.807, 2.05) is 45.0 Å². The number of anilines is 2. The Hall–Kier alpha value is -4.99. The van der Waals surface area contributed by atoms with Crippen LogP contribution in [0, 0.1) is 0 Å². The van der Waals surface area contributed by atoms with Crippen LogP contribution in [0.15, 0.2) is 85.3 Å². The molecule has 46 heavy (non-hydrogen) atoms. The molecule has 1 fully saturated rings. The standard InChI is InChI=1S/C36H44N4O6/c1-23(44-22-25-14-16-26(17-15-25)28-20-31(28)40-34(43)46-36(5,6)7)37-21-24-12-18-27(19-13-24)32(41)38-29-10-8-9-11-30(29)39-33(42)45-35(2,3)4/h8-19,28,31,37H,1,20-22H2,2-7H3,(H,38,41)(H,39,42)(H,40,43)/t28?,31-/m0/s1. The highest BCUT2D eigenvalue weighted by molar-refractivity contribution is 6.06. The minimum Gasteiger partial charge on any atom is -0.475 e. The highest BCUT2D eigenvalue weighted by Gasteiger charge is 2.40. The van der Waals surface area contributed by atoms with Gasteiger partial charge in [-0.15, -0.1) is 0 Å². The van der Waals surface area contributed by atoms with Crippen LogP contribution in [0.5, 0.6) is 0 Å². The molecule has 3 aromatic rings. The number of carbonyl (C=O) groups is 3. The highest BCUT2D eigenvalue weighted by Crippen LogP contribution is 2.41. The Morgan fingerprint density at radius 3 is 1.93 bits per heavy atom. The highest BCUT2D eigenvalue weighted by atomic mass is 16.6. The smallest absolute Gasteiger partial charge is 0.412 e. The summed E-state index contributed by atoms with van der Waals surface area (Å²) < 4.78 is 16.5. The quantitative estimate of drug-likeness (QED) is 0.163. The van der Waals surface area contributed by atoms with Gasteiger partial charge in [-0.2, -0.15) is 0 Å². The lowest BCUT2D eigenvalue weighted by molar-refractivity contribution is 0.0521. The summed E-state index contributed by atoms with van der Waals surface area (Å²) in [6.07, 6.45) is -0.0968. The van der Waals surface area contributed by atoms with Crippen LogP contribution in [0.1, 0.15) is 80.9 Å². The Kier molecular flexibility index (Phi) is 10.6. The first-order chi connectivity index (χ1) is 21.6. The summed E-state index contributed by atoms with van der Waals surface area (Å²) in [5.41, 5.74) is 3.31. The van der Waals surface area contributed by atoms with Gasteiger partial charge >= 0.3 is 12.2 Å². The molecule has 1 saturated carbocycles. The van der Waals surface area contributed by atoms with Gasteiger partial charge in [0.25, 0.3) is 5.91 Å². The van der Waals surface area contributed by atoms with Crippen molar-refractivity contribution in [2.45, 2.75) is 84.3 Å². The third-order valence-electron chi connectivity index (χ3n) is 6.83. The van der Waals surface area contributed by atoms with E-state index in [0.29, 0.717) is 36.0 Å². The Balaban J connectivity index is 1.19. The molecule has 10 nitrogen and oxygen atoms in total. The second-order valence-electron chi connectivity index (χ2n) is 13.2. The number of rotatable bonds is 11. The van der Waals surface area contributed by atoms with Crippen molar-refractivity contribution in [1.82, 2.24) is 10.6 Å². The van der Waals surface area contributed by atoms with Gasteiger partial charge in [-0.25, -0.2) is 9.59 Å². The lowest BCUT2D eigenvalue weighted by Crippen LogP contribution is -2.34. The fourth-order valence-electron chi connectivity index (χ4n) is 4.55. The van der Waals surface area contributed by atoms with E-state index in [1.54, 1.807) is 57.2 Å². The fraction of sp³-hybridized carbons (Fsp3) is 0.361. The summed E-state index contributed by atoms with van der Waals surface area (Å²) >= 11 is 0. The van der Waals surface area contributed by atoms with Gasteiger partial charge in [0, 0.05) is 24.1 Å². The predicted molar refractivity (Wildman–Crippen MR) is 178 cm³/mol. The molecular formula is C36H44N4O6. The van der Waals surface area contributed by atoms with Crippen molar-refractivity contribution in [2.75, 3.05) is 10.6 Å². The zero-order valence-electron chi connectivity index (χ0n) is 27.4. The average Bonchev–Trinajstić information content (AvgIpc) is 3.73. The van der Waals surface area contributed by atoms with Crippen molar-refractivity contribution in [3.63, 3.8) is 0 Å². The maximum atomic E-state index is 12.9. The van der Waals surface area contributed by atoms with Crippen LogP contribution in [-0.2, 0) is 27.4 Å². The van der Waals surface area contributed by atoms with E-state index in [2.05, 4.69) is 40.0 Å². The molecule has 0 aromatic heterocycles. The summed E-state index contributed by atoms with van der Waals surface area (Å²) in [6.45, 7) is 15.7. The number of hydrogen-bond donors (Lipinski definition) is 4. The molecule has 0 saturated heterocycles. The van der Waals surface area contributed by atoms with Crippen molar-refractivity contribution in [3.05, 3.63) is 108 Å². The molecule has 4 rings (SSSR count). The molecule has 0 bridgehead atoms. The zero-order chi connectivity index (χ0) is 33.5. The molecule has 0 aliphatic heterocycles. The van der Waals surface area contributed by atoms with Gasteiger partial charge in [-0.1, -0.05) is 48.5 Å². The monoisotopic (exact) mass is 628 g/mol. The van der Waals surface area contributed by atoms with Crippen molar-refractivity contribution < 1.29 is 28.6 Å². The first-order valence-corrected chi connectivity index (χ1v) is 15.3. The Bertz CT molecular complexity index is 1540. The van der Waals surface area contributed by atoms with Gasteiger partial charge in [0.1, 0.15) is 17.8 Å². The number of para-hydroxylation sites is 2. The molecule has 1 aliphatic carbocycles. The van der Waals surface area contributed by atoms with Gasteiger partial charge in [0.05, 0.1) is 11.4 Å². The average molecular weight is 629 g/mol. The van der Waals surface area contributed by atoms with E-state index in [0.717, 1.165) is 17.5 Å². The fourth-order valence-corrected chi connectivity index (χ4v) is 4.55. The third kappa shape index (κ3) is 10.9. The molecule has 2 atom stereocenters. The summed E-state index contributed by atoms with van der Waals surface area (Å²) in [5.74, 6) is 0.408.